The molecule has 7 heteroatoms. The summed E-state index contributed by atoms with van der Waals surface area (Å²) < 4.78 is 9.59. The highest BCUT2D eigenvalue weighted by Crippen LogP contribution is 2.10. The quantitative estimate of drug-likeness (QED) is 0.822. The predicted molar refractivity (Wildman–Crippen MR) is 71.5 cm³/mol. The second-order valence-electron chi connectivity index (χ2n) is 3.86. The first-order valence-corrected chi connectivity index (χ1v) is 5.88. The summed E-state index contributed by atoms with van der Waals surface area (Å²) in [6.07, 6.45) is 1.67. The lowest BCUT2D eigenvalue weighted by atomic mass is 10.2. The van der Waals surface area contributed by atoms with Crippen LogP contribution in [0, 0.1) is 0 Å². The molecule has 1 N–H and O–H groups in total. The number of aromatic nitrogens is 3. The van der Waals surface area contributed by atoms with E-state index in [0.29, 0.717) is 18.2 Å². The molecule has 0 amide bonds. The molecular formula is C13H14N4O3. The minimum atomic E-state index is -0.511. The van der Waals surface area contributed by atoms with Crippen molar-refractivity contribution in [2.24, 2.45) is 0 Å². The molecular weight excluding hydrogens is 260 g/mol. The van der Waals surface area contributed by atoms with Gasteiger partial charge in [-0.05, 0) is 23.8 Å². The van der Waals surface area contributed by atoms with E-state index in [-0.39, 0.29) is 5.69 Å². The molecule has 0 bridgehead atoms. The molecule has 2 heterocycles. The number of rotatable bonds is 5. The number of carbonyl (C=O) groups is 1. The van der Waals surface area contributed by atoms with Gasteiger partial charge >= 0.3 is 5.97 Å². The van der Waals surface area contributed by atoms with Crippen molar-refractivity contribution in [1.29, 1.82) is 0 Å². The molecule has 104 valence electrons. The van der Waals surface area contributed by atoms with Gasteiger partial charge < -0.3 is 14.8 Å². The van der Waals surface area contributed by atoms with Crippen LogP contribution in [0.15, 0.2) is 30.5 Å². The van der Waals surface area contributed by atoms with Gasteiger partial charge in [-0.3, -0.25) is 0 Å². The third kappa shape index (κ3) is 3.41. The Morgan fingerprint density at radius 3 is 2.75 bits per heavy atom. The van der Waals surface area contributed by atoms with Gasteiger partial charge in [-0.15, -0.1) is 10.2 Å². The van der Waals surface area contributed by atoms with Crippen LogP contribution in [0.4, 0.5) is 5.82 Å². The Hall–Kier alpha value is -2.70. The molecule has 2 rings (SSSR count). The van der Waals surface area contributed by atoms with E-state index in [0.717, 1.165) is 5.56 Å². The average molecular weight is 274 g/mol. The molecule has 0 fully saturated rings. The number of nitrogens with one attached hydrogen (secondary N) is 1. The van der Waals surface area contributed by atoms with Crippen LogP contribution in [0.5, 0.6) is 5.88 Å². The van der Waals surface area contributed by atoms with Gasteiger partial charge in [-0.25, -0.2) is 9.78 Å². The van der Waals surface area contributed by atoms with E-state index in [1.165, 1.54) is 7.11 Å². The smallest absolute Gasteiger partial charge is 0.358 e. The van der Waals surface area contributed by atoms with Gasteiger partial charge in [0.15, 0.2) is 5.69 Å². The summed E-state index contributed by atoms with van der Waals surface area (Å²) in [5, 5.41) is 10.8. The van der Waals surface area contributed by atoms with E-state index in [1.54, 1.807) is 25.4 Å². The first kappa shape index (κ1) is 13.7. The maximum atomic E-state index is 11.2. The Morgan fingerprint density at radius 1 is 1.25 bits per heavy atom. The lowest BCUT2D eigenvalue weighted by molar-refractivity contribution is 0.0593. The van der Waals surface area contributed by atoms with Crippen LogP contribution in [0.3, 0.4) is 0 Å². The minimum absolute atomic E-state index is 0.170. The standard InChI is InChI=1S/C13H14N4O3/c1-19-12-7-9(5-6-14-12)8-15-11-4-3-10(16-17-11)13(18)20-2/h3-7H,8H2,1-2H3,(H,15,17). The first-order chi connectivity index (χ1) is 9.72. The van der Waals surface area contributed by atoms with Crippen molar-refractivity contribution in [2.75, 3.05) is 19.5 Å². The largest absolute Gasteiger partial charge is 0.481 e. The Balaban J connectivity index is 1.98. The van der Waals surface area contributed by atoms with Gasteiger partial charge in [0.25, 0.3) is 0 Å². The molecule has 20 heavy (non-hydrogen) atoms. The van der Waals surface area contributed by atoms with Crippen molar-refractivity contribution in [3.05, 3.63) is 41.7 Å². The number of hydrogen-bond donors (Lipinski definition) is 1. The summed E-state index contributed by atoms with van der Waals surface area (Å²) in [5.74, 6) is 0.604. The summed E-state index contributed by atoms with van der Waals surface area (Å²) in [5.41, 5.74) is 1.17. The molecule has 0 unspecified atom stereocenters. The number of nitrogens with zero attached hydrogens (tertiary/aromatic N) is 3. The molecule has 0 aliphatic rings. The van der Waals surface area contributed by atoms with Gasteiger partial charge in [0, 0.05) is 18.8 Å². The van der Waals surface area contributed by atoms with E-state index in [1.807, 2.05) is 12.1 Å². The number of hydrogen-bond acceptors (Lipinski definition) is 7. The van der Waals surface area contributed by atoms with Crippen LogP contribution in [-0.4, -0.2) is 35.4 Å². The highest BCUT2D eigenvalue weighted by molar-refractivity contribution is 5.86. The fraction of sp³-hybridized carbons (Fsp3) is 0.231. The topological polar surface area (TPSA) is 86.2 Å². The van der Waals surface area contributed by atoms with Crippen LogP contribution in [0.2, 0.25) is 0 Å². The van der Waals surface area contributed by atoms with Gasteiger partial charge in [0.2, 0.25) is 5.88 Å². The molecule has 2 aromatic rings. The fourth-order valence-electron chi connectivity index (χ4n) is 1.50. The molecule has 0 aliphatic heterocycles. The zero-order chi connectivity index (χ0) is 14.4. The number of pyridine rings is 1. The summed E-state index contributed by atoms with van der Waals surface area (Å²) >= 11 is 0. The Bertz CT molecular complexity index is 586. The summed E-state index contributed by atoms with van der Waals surface area (Å²) in [6, 6.07) is 6.90. The monoisotopic (exact) mass is 274 g/mol. The van der Waals surface area contributed by atoms with Crippen LogP contribution in [0.25, 0.3) is 0 Å². The van der Waals surface area contributed by atoms with Crippen molar-refractivity contribution in [3.8, 4) is 5.88 Å². The third-order valence-electron chi connectivity index (χ3n) is 2.54. The molecule has 0 aliphatic carbocycles. The SMILES string of the molecule is COC(=O)c1ccc(NCc2ccnc(OC)c2)nn1. The van der Waals surface area contributed by atoms with Crippen molar-refractivity contribution >= 4 is 11.8 Å². The molecule has 7 nitrogen and oxygen atoms in total. The van der Waals surface area contributed by atoms with Gasteiger partial charge in [0.05, 0.1) is 14.2 Å². The van der Waals surface area contributed by atoms with E-state index in [2.05, 4.69) is 25.2 Å². The highest BCUT2D eigenvalue weighted by Gasteiger charge is 2.07. The van der Waals surface area contributed by atoms with Crippen LogP contribution in [-0.2, 0) is 11.3 Å². The second-order valence-corrected chi connectivity index (χ2v) is 3.86. The molecule has 2 aromatic heterocycles. The normalized spacial score (nSPS) is 9.90. The van der Waals surface area contributed by atoms with Gasteiger partial charge in [-0.1, -0.05) is 0 Å². The van der Waals surface area contributed by atoms with Crippen molar-refractivity contribution in [2.45, 2.75) is 6.54 Å². The number of carbonyl (C=O) groups excluding carboxylic acids is 1. The lowest BCUT2D eigenvalue weighted by Crippen LogP contribution is -2.08. The molecule has 0 saturated heterocycles. The Morgan fingerprint density at radius 2 is 2.10 bits per heavy atom. The van der Waals surface area contributed by atoms with Crippen molar-refractivity contribution in [3.63, 3.8) is 0 Å². The fourth-order valence-corrected chi connectivity index (χ4v) is 1.50. The van der Waals surface area contributed by atoms with E-state index >= 15 is 0 Å². The van der Waals surface area contributed by atoms with Gasteiger partial charge in [-0.2, -0.15) is 0 Å². The second kappa shape index (κ2) is 6.46. The van der Waals surface area contributed by atoms with E-state index < -0.39 is 5.97 Å². The Kier molecular flexibility index (Phi) is 4.43. The molecule has 0 saturated carbocycles. The Labute approximate surface area is 116 Å². The number of ether oxygens (including phenoxy) is 2. The molecule has 0 atom stereocenters. The van der Waals surface area contributed by atoms with Crippen LogP contribution >= 0.6 is 0 Å². The summed E-state index contributed by atoms with van der Waals surface area (Å²) in [4.78, 5) is 15.2. The third-order valence-corrected chi connectivity index (χ3v) is 2.54. The van der Waals surface area contributed by atoms with E-state index in [9.17, 15) is 4.79 Å². The highest BCUT2D eigenvalue weighted by atomic mass is 16.5. The zero-order valence-corrected chi connectivity index (χ0v) is 11.2. The van der Waals surface area contributed by atoms with Crippen molar-refractivity contribution in [1.82, 2.24) is 15.2 Å². The number of methoxy groups -OCH3 is 2. The predicted octanol–water partition coefficient (Wildman–Crippen LogP) is 1.28. The van der Waals surface area contributed by atoms with Crippen LogP contribution in [0.1, 0.15) is 16.1 Å². The first-order valence-electron chi connectivity index (χ1n) is 5.88. The zero-order valence-electron chi connectivity index (χ0n) is 11.2. The van der Waals surface area contributed by atoms with Gasteiger partial charge in [0.1, 0.15) is 5.82 Å². The average Bonchev–Trinajstić information content (AvgIpc) is 2.53. The molecule has 0 aromatic carbocycles. The maximum absolute atomic E-state index is 11.2. The molecule has 0 spiro atoms. The van der Waals surface area contributed by atoms with Crippen molar-refractivity contribution < 1.29 is 14.3 Å². The number of esters is 1. The maximum Gasteiger partial charge on any atom is 0.358 e. The lowest BCUT2D eigenvalue weighted by Gasteiger charge is -2.06. The van der Waals surface area contributed by atoms with E-state index in [4.69, 9.17) is 4.74 Å². The summed E-state index contributed by atoms with van der Waals surface area (Å²) in [6.45, 7) is 0.547. The summed E-state index contributed by atoms with van der Waals surface area (Å²) in [7, 11) is 2.86. The molecule has 0 radical (unpaired) electrons. The number of anilines is 1. The van der Waals surface area contributed by atoms with Crippen LogP contribution < -0.4 is 10.1 Å². The minimum Gasteiger partial charge on any atom is -0.481 e.